The Bertz CT molecular complexity index is 1490. The predicted molar refractivity (Wildman–Crippen MR) is 181 cm³/mol. The molecule has 47 heavy (non-hydrogen) atoms. The molecule has 0 radical (unpaired) electrons. The van der Waals surface area contributed by atoms with Crippen molar-refractivity contribution in [1.29, 1.82) is 0 Å². The number of amides is 3. The van der Waals surface area contributed by atoms with Crippen molar-refractivity contribution in [2.24, 2.45) is 11.8 Å². The SMILES string of the molecule is C=CCCC(=O)OC[C@@H](NC(=O)[C@H]1[C@@H]2O[C@@]3(CC2Br)[C@@H]1C(=O)N(CCCO)[C@@H]3C(=O)N(CC=C)c1ccc(Cl)cc1)c1ccccc1. The van der Waals surface area contributed by atoms with Crippen molar-refractivity contribution < 1.29 is 33.8 Å². The standard InChI is InChI=1S/C35H39BrClN3O7/c1-3-5-12-27(42)46-21-26(22-10-7-6-8-11-22)38-32(43)28-29-33(44)40(18-9-19-41)31(35(29)20-25(36)30(28)47-35)34(45)39(17-4-2)24-15-13-23(37)14-16-24/h3-4,6-8,10-11,13-16,25-26,28-31,41H,1-2,5,9,12,17-21H2,(H,38,43)/t25?,26-,28-,29+,30-,31-,35+/m1/s1. The summed E-state index contributed by atoms with van der Waals surface area (Å²) in [6.07, 6.45) is 3.75. The molecular weight excluding hydrogens is 690 g/mol. The molecule has 1 spiro atoms. The van der Waals surface area contributed by atoms with Crippen LogP contribution in [0, 0.1) is 11.8 Å². The lowest BCUT2D eigenvalue weighted by Crippen LogP contribution is -2.57. The molecule has 12 heteroatoms. The van der Waals surface area contributed by atoms with Gasteiger partial charge in [-0.2, -0.15) is 0 Å². The van der Waals surface area contributed by atoms with Gasteiger partial charge in [-0.3, -0.25) is 19.2 Å². The number of hydrogen-bond donors (Lipinski definition) is 2. The normalized spacial score (nSPS) is 26.4. The zero-order valence-corrected chi connectivity index (χ0v) is 28.3. The second-order valence-electron chi connectivity index (χ2n) is 12.0. The highest BCUT2D eigenvalue weighted by molar-refractivity contribution is 9.09. The maximum Gasteiger partial charge on any atom is 0.306 e. The molecule has 0 aliphatic carbocycles. The third-order valence-electron chi connectivity index (χ3n) is 9.08. The maximum atomic E-state index is 14.6. The van der Waals surface area contributed by atoms with E-state index in [1.54, 1.807) is 36.4 Å². The lowest BCUT2D eigenvalue weighted by molar-refractivity contribution is -0.145. The van der Waals surface area contributed by atoms with Gasteiger partial charge in [-0.05, 0) is 49.1 Å². The number of likely N-dealkylation sites (tertiary alicyclic amines) is 1. The van der Waals surface area contributed by atoms with Gasteiger partial charge in [-0.25, -0.2) is 0 Å². The fourth-order valence-corrected chi connectivity index (χ4v) is 8.12. The molecule has 250 valence electrons. The summed E-state index contributed by atoms with van der Waals surface area (Å²) in [6.45, 7) is 7.44. The number of halogens is 2. The van der Waals surface area contributed by atoms with E-state index in [4.69, 9.17) is 21.1 Å². The second-order valence-corrected chi connectivity index (χ2v) is 13.6. The van der Waals surface area contributed by atoms with Gasteiger partial charge in [0, 0.05) is 41.7 Å². The zero-order valence-electron chi connectivity index (χ0n) is 25.9. The number of nitrogens with one attached hydrogen (secondary N) is 1. The largest absolute Gasteiger partial charge is 0.463 e. The first-order valence-electron chi connectivity index (χ1n) is 15.7. The van der Waals surface area contributed by atoms with E-state index in [-0.39, 0.29) is 55.8 Å². The number of carbonyl (C=O) groups is 4. The Morgan fingerprint density at radius 2 is 1.89 bits per heavy atom. The van der Waals surface area contributed by atoms with Gasteiger partial charge < -0.3 is 29.7 Å². The highest BCUT2D eigenvalue weighted by Crippen LogP contribution is 2.60. The van der Waals surface area contributed by atoms with E-state index in [1.165, 1.54) is 9.80 Å². The summed E-state index contributed by atoms with van der Waals surface area (Å²) in [7, 11) is 0. The van der Waals surface area contributed by atoms with Crippen LogP contribution >= 0.6 is 27.5 Å². The Morgan fingerprint density at radius 3 is 2.55 bits per heavy atom. The third kappa shape index (κ3) is 6.90. The molecule has 3 amide bonds. The lowest BCUT2D eigenvalue weighted by atomic mass is 9.70. The van der Waals surface area contributed by atoms with Crippen LogP contribution < -0.4 is 10.2 Å². The van der Waals surface area contributed by atoms with E-state index in [9.17, 15) is 24.3 Å². The van der Waals surface area contributed by atoms with Crippen LogP contribution in [0.2, 0.25) is 5.02 Å². The number of allylic oxidation sites excluding steroid dienone is 1. The molecule has 3 fully saturated rings. The summed E-state index contributed by atoms with van der Waals surface area (Å²) < 4.78 is 12.2. The molecule has 0 aromatic heterocycles. The Kier molecular flexibility index (Phi) is 11.2. The Hall–Kier alpha value is -3.51. The number of alkyl halides is 1. The van der Waals surface area contributed by atoms with Gasteiger partial charge in [-0.1, -0.05) is 70.0 Å². The van der Waals surface area contributed by atoms with Crippen LogP contribution in [0.5, 0.6) is 0 Å². The van der Waals surface area contributed by atoms with Gasteiger partial charge in [0.25, 0.3) is 5.91 Å². The molecule has 2 aromatic carbocycles. The molecule has 1 unspecified atom stereocenters. The van der Waals surface area contributed by atoms with E-state index in [2.05, 4.69) is 34.4 Å². The zero-order chi connectivity index (χ0) is 33.7. The average Bonchev–Trinajstić information content (AvgIpc) is 3.67. The molecular formula is C35H39BrClN3O7. The minimum Gasteiger partial charge on any atom is -0.463 e. The minimum absolute atomic E-state index is 0.104. The first kappa shape index (κ1) is 34.8. The summed E-state index contributed by atoms with van der Waals surface area (Å²) in [5.41, 5.74) is -0.000340. The average molecular weight is 729 g/mol. The van der Waals surface area contributed by atoms with Gasteiger partial charge in [0.05, 0.1) is 24.0 Å². The number of anilines is 1. The van der Waals surface area contributed by atoms with Crippen molar-refractivity contribution in [3.8, 4) is 0 Å². The van der Waals surface area contributed by atoms with Crippen molar-refractivity contribution in [3.05, 3.63) is 90.5 Å². The molecule has 3 saturated heterocycles. The molecule has 10 nitrogen and oxygen atoms in total. The first-order valence-corrected chi connectivity index (χ1v) is 17.0. The van der Waals surface area contributed by atoms with Crippen molar-refractivity contribution >= 4 is 56.9 Å². The lowest BCUT2D eigenvalue weighted by Gasteiger charge is -2.37. The van der Waals surface area contributed by atoms with Crippen molar-refractivity contribution in [1.82, 2.24) is 10.2 Å². The van der Waals surface area contributed by atoms with Crippen LogP contribution in [0.15, 0.2) is 79.9 Å². The van der Waals surface area contributed by atoms with Crippen molar-refractivity contribution in [3.63, 3.8) is 0 Å². The smallest absolute Gasteiger partial charge is 0.306 e. The van der Waals surface area contributed by atoms with Crippen LogP contribution in [0.1, 0.15) is 37.3 Å². The number of aliphatic hydroxyl groups excluding tert-OH is 1. The number of hydrogen-bond acceptors (Lipinski definition) is 7. The predicted octanol–water partition coefficient (Wildman–Crippen LogP) is 4.36. The van der Waals surface area contributed by atoms with E-state index >= 15 is 0 Å². The summed E-state index contributed by atoms with van der Waals surface area (Å²) in [5.74, 6) is -3.49. The molecule has 3 aliphatic rings. The molecule has 2 aromatic rings. The maximum absolute atomic E-state index is 14.6. The van der Waals surface area contributed by atoms with E-state index in [0.717, 1.165) is 5.56 Å². The number of carbonyl (C=O) groups excluding carboxylic acids is 4. The first-order chi connectivity index (χ1) is 22.7. The number of esters is 1. The number of fused-ring (bicyclic) bond motifs is 1. The monoisotopic (exact) mass is 727 g/mol. The van der Waals surface area contributed by atoms with Crippen LogP contribution in [0.4, 0.5) is 5.69 Å². The molecule has 3 heterocycles. The van der Waals surface area contributed by atoms with Crippen molar-refractivity contribution in [2.75, 3.05) is 31.2 Å². The second kappa shape index (κ2) is 15.1. The number of nitrogens with zero attached hydrogens (tertiary/aromatic N) is 2. The number of ether oxygens (including phenoxy) is 2. The minimum atomic E-state index is -1.30. The molecule has 2 bridgehead atoms. The van der Waals surface area contributed by atoms with Crippen LogP contribution in [0.3, 0.4) is 0 Å². The Morgan fingerprint density at radius 1 is 1.17 bits per heavy atom. The van der Waals surface area contributed by atoms with Gasteiger partial charge >= 0.3 is 5.97 Å². The number of aliphatic hydroxyl groups is 1. The highest BCUT2D eigenvalue weighted by Gasteiger charge is 2.76. The summed E-state index contributed by atoms with van der Waals surface area (Å²) in [6, 6.07) is 14.2. The van der Waals surface area contributed by atoms with E-state index in [1.807, 2.05) is 30.3 Å². The van der Waals surface area contributed by atoms with Crippen molar-refractivity contribution in [2.45, 2.75) is 54.3 Å². The van der Waals surface area contributed by atoms with Gasteiger partial charge in [0.2, 0.25) is 11.8 Å². The highest BCUT2D eigenvalue weighted by atomic mass is 79.9. The van der Waals surface area contributed by atoms with E-state index < -0.39 is 47.5 Å². The molecule has 0 saturated carbocycles. The van der Waals surface area contributed by atoms with Crippen LogP contribution in [-0.4, -0.2) is 82.6 Å². The Balaban J connectivity index is 1.47. The van der Waals surface area contributed by atoms with Crippen LogP contribution in [-0.2, 0) is 28.7 Å². The van der Waals surface area contributed by atoms with Gasteiger partial charge in [0.1, 0.15) is 18.2 Å². The number of benzene rings is 2. The number of rotatable bonds is 15. The quantitative estimate of drug-likeness (QED) is 0.159. The fourth-order valence-electron chi connectivity index (χ4n) is 7.05. The van der Waals surface area contributed by atoms with E-state index in [0.29, 0.717) is 23.6 Å². The molecule has 2 N–H and O–H groups in total. The van der Waals surface area contributed by atoms with Gasteiger partial charge in [-0.15, -0.1) is 13.2 Å². The molecule has 7 atom stereocenters. The van der Waals surface area contributed by atoms with Crippen LogP contribution in [0.25, 0.3) is 0 Å². The summed E-state index contributed by atoms with van der Waals surface area (Å²) in [5, 5.41) is 13.2. The molecule has 3 aliphatic heterocycles. The summed E-state index contributed by atoms with van der Waals surface area (Å²) >= 11 is 9.83. The topological polar surface area (TPSA) is 125 Å². The van der Waals surface area contributed by atoms with Gasteiger partial charge in [0.15, 0.2) is 0 Å². The summed E-state index contributed by atoms with van der Waals surface area (Å²) in [4.78, 5) is 58.2. The molecule has 5 rings (SSSR count). The Labute approximate surface area is 287 Å². The fraction of sp³-hybridized carbons (Fsp3) is 0.429. The third-order valence-corrected chi connectivity index (χ3v) is 10.2.